The molecule has 2 aromatic rings. The van der Waals surface area contributed by atoms with E-state index >= 15 is 0 Å². The van der Waals surface area contributed by atoms with Gasteiger partial charge >= 0.3 is 0 Å². The highest BCUT2D eigenvalue weighted by molar-refractivity contribution is 5.85. The lowest BCUT2D eigenvalue weighted by atomic mass is 9.82. The minimum absolute atomic E-state index is 0. The number of aryl methyl sites for hydroxylation is 1. The SMILES string of the molecule is Cc1nc2ccccc2n1CCNC(=O)C1(C)CCCNC1.Cl.Cl. The predicted molar refractivity (Wildman–Crippen MR) is 102 cm³/mol. The number of para-hydroxylation sites is 2. The Morgan fingerprint density at radius 1 is 1.38 bits per heavy atom. The number of piperidine rings is 1. The fourth-order valence-electron chi connectivity index (χ4n) is 3.22. The monoisotopic (exact) mass is 372 g/mol. The molecule has 1 fully saturated rings. The van der Waals surface area contributed by atoms with Gasteiger partial charge in [0.25, 0.3) is 0 Å². The van der Waals surface area contributed by atoms with Gasteiger partial charge in [-0.2, -0.15) is 0 Å². The summed E-state index contributed by atoms with van der Waals surface area (Å²) < 4.78 is 2.16. The number of amides is 1. The van der Waals surface area contributed by atoms with Crippen molar-refractivity contribution in [3.63, 3.8) is 0 Å². The molecule has 7 heteroatoms. The van der Waals surface area contributed by atoms with Crippen LogP contribution in [0.2, 0.25) is 0 Å². The largest absolute Gasteiger partial charge is 0.354 e. The van der Waals surface area contributed by atoms with Crippen molar-refractivity contribution in [2.45, 2.75) is 33.2 Å². The highest BCUT2D eigenvalue weighted by atomic mass is 35.5. The van der Waals surface area contributed by atoms with Gasteiger partial charge in [0.1, 0.15) is 5.82 Å². The van der Waals surface area contributed by atoms with Crippen LogP contribution in [0.25, 0.3) is 11.0 Å². The molecule has 24 heavy (non-hydrogen) atoms. The molecule has 1 aliphatic rings. The minimum Gasteiger partial charge on any atom is -0.354 e. The second-order valence-electron chi connectivity index (χ2n) is 6.40. The third-order valence-electron chi connectivity index (χ3n) is 4.61. The van der Waals surface area contributed by atoms with Crippen molar-refractivity contribution >= 4 is 41.8 Å². The Kier molecular flexibility index (Phi) is 7.52. The Balaban J connectivity index is 0.00000144. The third-order valence-corrected chi connectivity index (χ3v) is 4.61. The fourth-order valence-corrected chi connectivity index (χ4v) is 3.22. The molecule has 0 bridgehead atoms. The van der Waals surface area contributed by atoms with Gasteiger partial charge in [-0.15, -0.1) is 24.8 Å². The van der Waals surface area contributed by atoms with Gasteiger partial charge in [-0.05, 0) is 45.4 Å². The quantitative estimate of drug-likeness (QED) is 0.867. The number of carbonyl (C=O) groups excluding carboxylic acids is 1. The third kappa shape index (κ3) is 4.21. The predicted octanol–water partition coefficient (Wildman–Crippen LogP) is 2.69. The van der Waals surface area contributed by atoms with Crippen LogP contribution in [-0.2, 0) is 11.3 Å². The van der Waals surface area contributed by atoms with E-state index < -0.39 is 0 Å². The summed E-state index contributed by atoms with van der Waals surface area (Å²) in [4.78, 5) is 17.0. The first kappa shape index (κ1) is 20.7. The fraction of sp³-hybridized carbons (Fsp3) is 0.529. The number of imidazole rings is 1. The maximum Gasteiger partial charge on any atom is 0.227 e. The van der Waals surface area contributed by atoms with Crippen molar-refractivity contribution in [3.8, 4) is 0 Å². The van der Waals surface area contributed by atoms with Gasteiger partial charge in [0.05, 0.1) is 16.4 Å². The molecule has 2 N–H and O–H groups in total. The van der Waals surface area contributed by atoms with Gasteiger partial charge in [-0.3, -0.25) is 4.79 Å². The number of aromatic nitrogens is 2. The minimum atomic E-state index is -0.274. The van der Waals surface area contributed by atoms with Crippen molar-refractivity contribution in [3.05, 3.63) is 30.1 Å². The van der Waals surface area contributed by atoms with Crippen LogP contribution >= 0.6 is 24.8 Å². The van der Waals surface area contributed by atoms with E-state index in [0.29, 0.717) is 6.54 Å². The molecule has 134 valence electrons. The highest BCUT2D eigenvalue weighted by Gasteiger charge is 2.34. The van der Waals surface area contributed by atoms with Gasteiger partial charge in [-0.1, -0.05) is 12.1 Å². The topological polar surface area (TPSA) is 59.0 Å². The number of halogens is 2. The first-order chi connectivity index (χ1) is 10.6. The summed E-state index contributed by atoms with van der Waals surface area (Å²) in [5.41, 5.74) is 1.86. The van der Waals surface area contributed by atoms with E-state index in [1.165, 1.54) is 0 Å². The number of benzene rings is 1. The Labute approximate surface area is 155 Å². The van der Waals surface area contributed by atoms with Crippen molar-refractivity contribution in [1.29, 1.82) is 0 Å². The number of nitrogens with one attached hydrogen (secondary N) is 2. The van der Waals surface area contributed by atoms with Gasteiger partial charge in [0.15, 0.2) is 0 Å². The normalized spacial score (nSPS) is 20.1. The molecule has 1 unspecified atom stereocenters. The molecule has 1 aromatic heterocycles. The molecule has 0 radical (unpaired) electrons. The number of hydrogen-bond acceptors (Lipinski definition) is 3. The van der Waals surface area contributed by atoms with Crippen LogP contribution in [0.1, 0.15) is 25.6 Å². The van der Waals surface area contributed by atoms with E-state index in [9.17, 15) is 4.79 Å². The lowest BCUT2D eigenvalue weighted by Gasteiger charge is -2.32. The molecular formula is C17H26Cl2N4O. The smallest absolute Gasteiger partial charge is 0.227 e. The average Bonchev–Trinajstić information content (AvgIpc) is 2.84. The first-order valence-corrected chi connectivity index (χ1v) is 8.01. The molecule has 1 aliphatic heterocycles. The molecule has 3 rings (SSSR count). The zero-order valence-electron chi connectivity index (χ0n) is 14.2. The molecule has 0 saturated carbocycles. The van der Waals surface area contributed by atoms with Gasteiger partial charge < -0.3 is 15.2 Å². The Morgan fingerprint density at radius 3 is 2.83 bits per heavy atom. The van der Waals surface area contributed by atoms with E-state index in [0.717, 1.165) is 49.3 Å². The Hall–Kier alpha value is -1.30. The van der Waals surface area contributed by atoms with Crippen LogP contribution in [-0.4, -0.2) is 35.1 Å². The zero-order chi connectivity index (χ0) is 15.6. The summed E-state index contributed by atoms with van der Waals surface area (Å²) in [6, 6.07) is 8.11. The van der Waals surface area contributed by atoms with Crippen LogP contribution in [0.15, 0.2) is 24.3 Å². The molecule has 0 spiro atoms. The summed E-state index contributed by atoms with van der Waals surface area (Å²) in [7, 11) is 0. The maximum atomic E-state index is 12.4. The van der Waals surface area contributed by atoms with Crippen LogP contribution < -0.4 is 10.6 Å². The Morgan fingerprint density at radius 2 is 2.12 bits per heavy atom. The number of rotatable bonds is 4. The van der Waals surface area contributed by atoms with E-state index in [2.05, 4.69) is 26.3 Å². The standard InChI is InChI=1S/C17H24N4O.2ClH/c1-13-20-14-6-3-4-7-15(14)21(13)11-10-19-16(22)17(2)8-5-9-18-12-17;;/h3-4,6-7,18H,5,8-12H2,1-2H3,(H,19,22);2*1H. The number of nitrogens with zero attached hydrogens (tertiary/aromatic N) is 2. The summed E-state index contributed by atoms with van der Waals surface area (Å²) >= 11 is 0. The van der Waals surface area contributed by atoms with E-state index in [1.807, 2.05) is 32.0 Å². The number of fused-ring (bicyclic) bond motifs is 1. The number of hydrogen-bond donors (Lipinski definition) is 2. The van der Waals surface area contributed by atoms with Crippen LogP contribution in [0.3, 0.4) is 0 Å². The van der Waals surface area contributed by atoms with E-state index in [1.54, 1.807) is 0 Å². The van der Waals surface area contributed by atoms with E-state index in [4.69, 9.17) is 0 Å². The number of carbonyl (C=O) groups is 1. The van der Waals surface area contributed by atoms with Gasteiger partial charge in [0, 0.05) is 19.6 Å². The molecule has 0 aliphatic carbocycles. The summed E-state index contributed by atoms with van der Waals surface area (Å²) in [6.45, 7) is 7.23. The zero-order valence-corrected chi connectivity index (χ0v) is 15.8. The maximum absolute atomic E-state index is 12.4. The summed E-state index contributed by atoms with van der Waals surface area (Å²) in [6.07, 6.45) is 2.02. The summed E-state index contributed by atoms with van der Waals surface area (Å²) in [5, 5.41) is 6.41. The van der Waals surface area contributed by atoms with Gasteiger partial charge in [0.2, 0.25) is 5.91 Å². The lowest BCUT2D eigenvalue weighted by molar-refractivity contribution is -0.131. The summed E-state index contributed by atoms with van der Waals surface area (Å²) in [5.74, 6) is 1.14. The molecule has 5 nitrogen and oxygen atoms in total. The van der Waals surface area contributed by atoms with Gasteiger partial charge in [-0.25, -0.2) is 4.98 Å². The second-order valence-corrected chi connectivity index (χ2v) is 6.40. The van der Waals surface area contributed by atoms with Crippen molar-refractivity contribution in [1.82, 2.24) is 20.2 Å². The van der Waals surface area contributed by atoms with Crippen LogP contribution in [0.5, 0.6) is 0 Å². The van der Waals surface area contributed by atoms with Crippen molar-refractivity contribution in [2.75, 3.05) is 19.6 Å². The highest BCUT2D eigenvalue weighted by Crippen LogP contribution is 2.25. The molecule has 1 amide bonds. The van der Waals surface area contributed by atoms with Crippen molar-refractivity contribution < 1.29 is 4.79 Å². The molecule has 1 aromatic carbocycles. The van der Waals surface area contributed by atoms with Crippen molar-refractivity contribution in [2.24, 2.45) is 5.41 Å². The first-order valence-electron chi connectivity index (χ1n) is 8.01. The van der Waals surface area contributed by atoms with Crippen LogP contribution in [0.4, 0.5) is 0 Å². The Bertz CT molecular complexity index is 680. The molecule has 1 saturated heterocycles. The second kappa shape index (κ2) is 8.70. The lowest BCUT2D eigenvalue weighted by Crippen LogP contribution is -2.49. The van der Waals surface area contributed by atoms with E-state index in [-0.39, 0.29) is 36.1 Å². The molecular weight excluding hydrogens is 347 g/mol. The van der Waals surface area contributed by atoms with Crippen LogP contribution in [0, 0.1) is 12.3 Å². The molecule has 2 heterocycles. The average molecular weight is 373 g/mol. The molecule has 1 atom stereocenters.